The number of hydrogen-bond acceptors (Lipinski definition) is 4. The van der Waals surface area contributed by atoms with Crippen LogP contribution in [0.2, 0.25) is 0 Å². The van der Waals surface area contributed by atoms with Crippen LogP contribution in [0.15, 0.2) is 42.5 Å². The van der Waals surface area contributed by atoms with E-state index in [4.69, 9.17) is 9.47 Å². The molecule has 131 valence electrons. The van der Waals surface area contributed by atoms with Gasteiger partial charge in [-0.3, -0.25) is 0 Å². The molecule has 1 saturated heterocycles. The Hall–Kier alpha value is -2.02. The first-order chi connectivity index (χ1) is 12.0. The second-order valence-corrected chi connectivity index (χ2v) is 6.83. The Morgan fingerprint density at radius 2 is 1.76 bits per heavy atom. The molecule has 2 heterocycles. The molecule has 2 aliphatic rings. The maximum absolute atomic E-state index is 12.8. The molecular weight excluding hydrogens is 351 g/mol. The highest BCUT2D eigenvalue weighted by atomic mass is 32.2. The van der Waals surface area contributed by atoms with E-state index in [9.17, 15) is 13.2 Å². The van der Waals surface area contributed by atoms with Crippen molar-refractivity contribution in [1.29, 1.82) is 0 Å². The van der Waals surface area contributed by atoms with E-state index in [1.165, 1.54) is 0 Å². The molecule has 1 radical (unpaired) electrons. The van der Waals surface area contributed by atoms with Crippen molar-refractivity contribution in [2.75, 3.05) is 24.0 Å². The molecule has 0 spiro atoms. The minimum absolute atomic E-state index is 0.00217. The van der Waals surface area contributed by atoms with E-state index in [-0.39, 0.29) is 12.8 Å². The first-order valence-electron chi connectivity index (χ1n) is 7.79. The van der Waals surface area contributed by atoms with Gasteiger partial charge < -0.3 is 14.4 Å². The Morgan fingerprint density at radius 1 is 1.00 bits per heavy atom. The summed E-state index contributed by atoms with van der Waals surface area (Å²) in [5, 5.41) is 0. The molecule has 7 heteroatoms. The van der Waals surface area contributed by atoms with Crippen LogP contribution < -0.4 is 14.4 Å². The average molecular weight is 366 g/mol. The number of nitrogens with zero attached hydrogens (tertiary/aromatic N) is 1. The van der Waals surface area contributed by atoms with Crippen LogP contribution in [0.1, 0.15) is 17.2 Å². The molecule has 0 N–H and O–H groups in total. The lowest BCUT2D eigenvalue weighted by atomic mass is 10.0. The molecule has 0 aromatic heterocycles. The molecular formula is C18H15F3NO2S. The first kappa shape index (κ1) is 16.4. The van der Waals surface area contributed by atoms with E-state index in [0.29, 0.717) is 18.0 Å². The first-order valence-corrected chi connectivity index (χ1v) is 8.84. The van der Waals surface area contributed by atoms with E-state index < -0.39 is 11.7 Å². The van der Waals surface area contributed by atoms with Gasteiger partial charge in [-0.2, -0.15) is 24.9 Å². The van der Waals surface area contributed by atoms with Gasteiger partial charge in [0.15, 0.2) is 11.5 Å². The molecule has 0 bridgehead atoms. The van der Waals surface area contributed by atoms with Crippen molar-refractivity contribution in [1.82, 2.24) is 0 Å². The Bertz CT molecular complexity index is 764. The molecule has 0 saturated carbocycles. The average Bonchev–Trinajstić information content (AvgIpc) is 3.09. The fourth-order valence-electron chi connectivity index (χ4n) is 3.03. The van der Waals surface area contributed by atoms with Gasteiger partial charge in [0.25, 0.3) is 0 Å². The second-order valence-electron chi connectivity index (χ2n) is 5.83. The molecule has 4 rings (SSSR count). The fourth-order valence-corrected chi connectivity index (χ4v) is 3.99. The Morgan fingerprint density at radius 3 is 2.52 bits per heavy atom. The summed E-state index contributed by atoms with van der Waals surface area (Å²) in [7, 11) is 0. The zero-order valence-corrected chi connectivity index (χ0v) is 13.9. The molecule has 25 heavy (non-hydrogen) atoms. The number of alkyl halides is 3. The number of fused-ring (bicyclic) bond motifs is 1. The van der Waals surface area contributed by atoms with E-state index in [0.717, 1.165) is 29.1 Å². The molecule has 0 amide bonds. The van der Waals surface area contributed by atoms with Crippen molar-refractivity contribution < 1.29 is 22.6 Å². The zero-order chi connectivity index (χ0) is 17.4. The summed E-state index contributed by atoms with van der Waals surface area (Å²) in [5.41, 5.74) is 1.21. The van der Waals surface area contributed by atoms with Gasteiger partial charge in [0.1, 0.15) is 0 Å². The minimum atomic E-state index is -4.31. The van der Waals surface area contributed by atoms with Gasteiger partial charge in [0.2, 0.25) is 6.79 Å². The summed E-state index contributed by atoms with van der Waals surface area (Å²) in [6.45, 7) is 0.916. The second kappa shape index (κ2) is 6.37. The van der Waals surface area contributed by atoms with Crippen LogP contribution in [-0.4, -0.2) is 19.1 Å². The number of hydrogen-bond donors (Lipinski definition) is 0. The van der Waals surface area contributed by atoms with Crippen molar-refractivity contribution >= 4 is 17.4 Å². The molecule has 2 aliphatic heterocycles. The third kappa shape index (κ3) is 3.25. The predicted octanol–water partition coefficient (Wildman–Crippen LogP) is 4.89. The number of benzene rings is 2. The van der Waals surface area contributed by atoms with Gasteiger partial charge in [-0.15, -0.1) is 0 Å². The van der Waals surface area contributed by atoms with Crippen molar-refractivity contribution in [3.05, 3.63) is 59.3 Å². The Labute approximate surface area is 147 Å². The maximum Gasteiger partial charge on any atom is 0.416 e. The molecule has 0 aliphatic carbocycles. The standard InChI is InChI=1S/C18H15F3NO2S/c19-18(20,21)13-3-1-12(2-4-13)15-10-25-8-7-22(15)14-5-6-16-17(9-14)24-11-23-16/h1-6,8-9,15H,7,10-11H2. The maximum atomic E-state index is 12.8. The van der Waals surface area contributed by atoms with Crippen molar-refractivity contribution in [2.24, 2.45) is 0 Å². The van der Waals surface area contributed by atoms with Gasteiger partial charge >= 0.3 is 6.18 Å². The smallest absolute Gasteiger partial charge is 0.416 e. The summed E-state index contributed by atoms with van der Waals surface area (Å²) in [6, 6.07) is 11.2. The highest BCUT2D eigenvalue weighted by Gasteiger charge is 2.31. The van der Waals surface area contributed by atoms with E-state index in [1.807, 2.05) is 18.2 Å². The van der Waals surface area contributed by atoms with Crippen LogP contribution in [0, 0.1) is 5.75 Å². The lowest BCUT2D eigenvalue weighted by Crippen LogP contribution is -2.34. The Balaban J connectivity index is 1.63. The lowest BCUT2D eigenvalue weighted by molar-refractivity contribution is -0.137. The number of halogens is 3. The molecule has 1 unspecified atom stereocenters. The summed E-state index contributed by atoms with van der Waals surface area (Å²) in [4.78, 5) is 2.17. The van der Waals surface area contributed by atoms with Crippen LogP contribution in [-0.2, 0) is 6.18 Å². The van der Waals surface area contributed by atoms with Gasteiger partial charge in [0, 0.05) is 29.8 Å². The largest absolute Gasteiger partial charge is 0.454 e. The summed E-state index contributed by atoms with van der Waals surface area (Å²) in [6.07, 6.45) is -4.31. The molecule has 1 fully saturated rings. The topological polar surface area (TPSA) is 21.7 Å². The monoisotopic (exact) mass is 366 g/mol. The summed E-state index contributed by atoms with van der Waals surface area (Å²) in [5.74, 6) is 4.29. The summed E-state index contributed by atoms with van der Waals surface area (Å²) >= 11 is 1.69. The number of thioether (sulfide) groups is 1. The van der Waals surface area contributed by atoms with Crippen molar-refractivity contribution in [2.45, 2.75) is 12.2 Å². The zero-order valence-electron chi connectivity index (χ0n) is 13.1. The molecule has 3 nitrogen and oxygen atoms in total. The van der Waals surface area contributed by atoms with Crippen LogP contribution in [0.4, 0.5) is 18.9 Å². The van der Waals surface area contributed by atoms with E-state index in [1.54, 1.807) is 23.9 Å². The summed E-state index contributed by atoms with van der Waals surface area (Å²) < 4.78 is 49.1. The van der Waals surface area contributed by atoms with Crippen LogP contribution in [0.3, 0.4) is 0 Å². The lowest BCUT2D eigenvalue weighted by Gasteiger charge is -2.37. The predicted molar refractivity (Wildman–Crippen MR) is 90.9 cm³/mol. The third-order valence-electron chi connectivity index (χ3n) is 4.33. The van der Waals surface area contributed by atoms with E-state index >= 15 is 0 Å². The van der Waals surface area contributed by atoms with Crippen LogP contribution >= 0.6 is 11.8 Å². The highest BCUT2D eigenvalue weighted by molar-refractivity contribution is 8.01. The van der Waals surface area contributed by atoms with Crippen LogP contribution in [0.5, 0.6) is 11.5 Å². The number of rotatable bonds is 2. The van der Waals surface area contributed by atoms with Gasteiger partial charge in [-0.25, -0.2) is 0 Å². The fraction of sp³-hybridized carbons (Fsp3) is 0.278. The van der Waals surface area contributed by atoms with E-state index in [2.05, 4.69) is 10.7 Å². The van der Waals surface area contributed by atoms with Crippen LogP contribution in [0.25, 0.3) is 0 Å². The third-order valence-corrected chi connectivity index (χ3v) is 5.22. The van der Waals surface area contributed by atoms with Crippen molar-refractivity contribution in [3.8, 4) is 11.5 Å². The SMILES string of the molecule is FC(F)(F)c1ccc(C2CS[CH]CN2c2ccc3c(c2)OCO3)cc1. The minimum Gasteiger partial charge on any atom is -0.454 e. The van der Waals surface area contributed by atoms with Gasteiger partial charge in [0.05, 0.1) is 11.6 Å². The molecule has 2 aromatic rings. The highest BCUT2D eigenvalue weighted by Crippen LogP contribution is 2.41. The number of anilines is 1. The van der Waals surface area contributed by atoms with Gasteiger partial charge in [-0.05, 0) is 29.8 Å². The number of ether oxygens (including phenoxy) is 2. The molecule has 1 atom stereocenters. The molecule has 2 aromatic carbocycles. The normalized spacial score (nSPS) is 20.0. The van der Waals surface area contributed by atoms with Gasteiger partial charge in [-0.1, -0.05) is 12.1 Å². The Kier molecular flexibility index (Phi) is 4.19. The van der Waals surface area contributed by atoms with Crippen molar-refractivity contribution in [3.63, 3.8) is 0 Å². The quantitative estimate of drug-likeness (QED) is 0.754.